The Morgan fingerprint density at radius 3 is 2.36 bits per heavy atom. The van der Waals surface area contributed by atoms with Gasteiger partial charge in [0.1, 0.15) is 11.9 Å². The third-order valence-electron chi connectivity index (χ3n) is 13.5. The maximum atomic E-state index is 14.5. The summed E-state index contributed by atoms with van der Waals surface area (Å²) in [5.74, 6) is -0.134. The molecule has 16 nitrogen and oxygen atoms in total. The first-order valence-corrected chi connectivity index (χ1v) is 23.2. The third-order valence-corrected chi connectivity index (χ3v) is 13.5. The molecule has 5 heterocycles. The molecule has 18 heteroatoms. The number of allylic oxidation sites excluding steroid dienone is 1. The number of nitrogens with one attached hydrogen (secondary N) is 7. The topological polar surface area (TPSA) is 206 Å². The number of aryl methyl sites for hydroxylation is 1. The van der Waals surface area contributed by atoms with E-state index in [-0.39, 0.29) is 72.1 Å². The number of fused-ring (bicyclic) bond motifs is 1. The normalized spacial score (nSPS) is 20.2. The monoisotopic (exact) mass is 911 g/mol. The van der Waals surface area contributed by atoms with Crippen LogP contribution in [0.25, 0.3) is 5.57 Å². The Labute approximate surface area is 385 Å². The summed E-state index contributed by atoms with van der Waals surface area (Å²) >= 11 is 0. The molecule has 5 aliphatic heterocycles. The first kappa shape index (κ1) is 47.8. The van der Waals surface area contributed by atoms with Gasteiger partial charge in [-0.25, -0.2) is 8.78 Å². The first-order valence-electron chi connectivity index (χ1n) is 23.2. The van der Waals surface area contributed by atoms with E-state index in [0.29, 0.717) is 92.4 Å². The Balaban J connectivity index is 0.881. The lowest BCUT2D eigenvalue weighted by molar-refractivity contribution is -0.134. The molecular formula is C48H63F2N11O5. The van der Waals surface area contributed by atoms with Crippen molar-refractivity contribution in [3.05, 3.63) is 70.6 Å². The number of imide groups is 1. The van der Waals surface area contributed by atoms with Gasteiger partial charge in [0.2, 0.25) is 29.5 Å². The summed E-state index contributed by atoms with van der Waals surface area (Å²) in [5, 5.41) is 32.3. The highest BCUT2D eigenvalue weighted by atomic mass is 19.3. The van der Waals surface area contributed by atoms with Crippen LogP contribution in [-0.2, 0) is 30.4 Å². The van der Waals surface area contributed by atoms with Crippen LogP contribution in [0, 0.1) is 16.7 Å². The average Bonchev–Trinajstić information content (AvgIpc) is 3.30. The lowest BCUT2D eigenvalue weighted by Gasteiger charge is -2.39. The molecule has 0 aliphatic carbocycles. The van der Waals surface area contributed by atoms with Gasteiger partial charge in [-0.15, -0.1) is 0 Å². The number of carbonyl (C=O) groups is 5. The molecule has 7 N–H and O–H groups in total. The van der Waals surface area contributed by atoms with Crippen molar-refractivity contribution in [1.82, 2.24) is 30.7 Å². The average molecular weight is 912 g/mol. The van der Waals surface area contributed by atoms with E-state index in [1.54, 1.807) is 41.1 Å². The Bertz CT molecular complexity index is 2250. The second kappa shape index (κ2) is 21.9. The van der Waals surface area contributed by atoms with Crippen molar-refractivity contribution in [2.45, 2.75) is 96.1 Å². The van der Waals surface area contributed by atoms with Gasteiger partial charge in [-0.2, -0.15) is 0 Å². The van der Waals surface area contributed by atoms with Gasteiger partial charge in [0.05, 0.1) is 13.1 Å². The smallest absolute Gasteiger partial charge is 0.264 e. The molecule has 0 spiro atoms. The molecule has 0 radical (unpaired) electrons. The minimum absolute atomic E-state index is 0.0656. The molecule has 3 saturated heterocycles. The zero-order valence-electron chi connectivity index (χ0n) is 37.9. The van der Waals surface area contributed by atoms with Crippen LogP contribution >= 0.6 is 0 Å². The van der Waals surface area contributed by atoms with E-state index in [1.807, 2.05) is 11.0 Å². The minimum Gasteiger partial charge on any atom is -0.393 e. The summed E-state index contributed by atoms with van der Waals surface area (Å²) in [6.45, 7) is 5.72. The SMILES string of the molecule is CN/C=C(\C=N)c1cc2c(cc1C(F)F)N(C(=N)C1=C(NC3CCN(C(=O)CCC4CCN(CC(=O)Nc5cccc(NC6CCC(=O)NC6=O)c5)CC4)CC3)CCN(C(C)=O)C1)CCC2. The second-order valence-electron chi connectivity index (χ2n) is 18.0. The van der Waals surface area contributed by atoms with Crippen LogP contribution in [0.3, 0.4) is 0 Å². The number of hydrogen-bond donors (Lipinski definition) is 7. The van der Waals surface area contributed by atoms with Crippen molar-refractivity contribution in [2.24, 2.45) is 5.92 Å². The fraction of sp³-hybridized carbons (Fsp3) is 0.521. The number of hydrogen-bond acceptors (Lipinski definition) is 11. The molecule has 354 valence electrons. The standard InChI is InChI=1S/C48H63F2N11O5/c1-30(62)60-22-16-40(39(28-60)47(52)61-17-4-5-32-23-37(33(26-51)27-53-2)38(46(49)50)25-42(32)61)54-34-14-20-59(21-15-34)45(65)11-8-31-12-18-58(19-13-31)29-44(64)56-36-7-3-6-35(24-36)55-41-9-10-43(63)57-48(41)66/h3,6-7,23-27,31,34,41,46,51-55H,4-5,8-22,28-29H2,1-2H3,(H,56,64)(H,57,63,66)/b33-27+,51-26?,52-47?. The lowest BCUT2D eigenvalue weighted by Crippen LogP contribution is -2.48. The van der Waals surface area contributed by atoms with Crippen molar-refractivity contribution in [3.8, 4) is 0 Å². The molecule has 2 aromatic rings. The number of rotatable bonds is 15. The Hall–Kier alpha value is -6.17. The molecule has 5 aliphatic rings. The number of piperidine rings is 3. The molecule has 0 saturated carbocycles. The number of anilines is 3. The van der Waals surface area contributed by atoms with Crippen LogP contribution in [0.2, 0.25) is 0 Å². The maximum Gasteiger partial charge on any atom is 0.264 e. The Kier molecular flexibility index (Phi) is 15.8. The van der Waals surface area contributed by atoms with Crippen LogP contribution in [-0.4, -0.2) is 128 Å². The fourth-order valence-corrected chi connectivity index (χ4v) is 9.80. The summed E-state index contributed by atoms with van der Waals surface area (Å²) in [4.78, 5) is 70.2. The van der Waals surface area contributed by atoms with Crippen molar-refractivity contribution in [1.29, 1.82) is 10.8 Å². The molecule has 3 fully saturated rings. The fourth-order valence-electron chi connectivity index (χ4n) is 9.80. The van der Waals surface area contributed by atoms with Gasteiger partial charge in [-0.05, 0) is 112 Å². The van der Waals surface area contributed by atoms with Crippen molar-refractivity contribution in [3.63, 3.8) is 0 Å². The second-order valence-corrected chi connectivity index (χ2v) is 18.0. The first-order chi connectivity index (χ1) is 31.8. The number of alkyl halides is 2. The number of nitrogens with zero attached hydrogens (tertiary/aromatic N) is 4. The van der Waals surface area contributed by atoms with E-state index in [4.69, 9.17) is 5.41 Å². The quantitative estimate of drug-likeness (QED) is 0.0724. The highest BCUT2D eigenvalue weighted by molar-refractivity contribution is 6.11. The number of halogens is 2. The number of amidine groups is 1. The van der Waals surface area contributed by atoms with Gasteiger partial charge in [0.15, 0.2) is 0 Å². The number of likely N-dealkylation sites (tertiary alicyclic amines) is 2. The van der Waals surface area contributed by atoms with Gasteiger partial charge in [-0.3, -0.25) is 39.6 Å². The Morgan fingerprint density at radius 1 is 0.909 bits per heavy atom. The molecular weight excluding hydrogens is 849 g/mol. The highest BCUT2D eigenvalue weighted by Gasteiger charge is 2.33. The number of benzene rings is 2. The lowest BCUT2D eigenvalue weighted by atomic mass is 9.91. The van der Waals surface area contributed by atoms with Gasteiger partial charge in [0, 0.05) is 117 Å². The molecule has 0 bridgehead atoms. The van der Waals surface area contributed by atoms with E-state index in [0.717, 1.165) is 62.7 Å². The molecule has 1 atom stereocenters. The molecule has 0 aromatic heterocycles. The summed E-state index contributed by atoms with van der Waals surface area (Å²) in [6.07, 6.45) is 6.91. The summed E-state index contributed by atoms with van der Waals surface area (Å²) in [6, 6.07) is 9.91. The van der Waals surface area contributed by atoms with E-state index >= 15 is 0 Å². The van der Waals surface area contributed by atoms with Crippen molar-refractivity contribution in [2.75, 3.05) is 74.9 Å². The molecule has 66 heavy (non-hydrogen) atoms. The van der Waals surface area contributed by atoms with Gasteiger partial charge >= 0.3 is 0 Å². The van der Waals surface area contributed by atoms with Crippen LogP contribution < -0.4 is 31.5 Å². The maximum absolute atomic E-state index is 14.5. The molecule has 7 rings (SSSR count). The minimum atomic E-state index is -2.79. The zero-order valence-corrected chi connectivity index (χ0v) is 37.9. The van der Waals surface area contributed by atoms with Crippen LogP contribution in [0.1, 0.15) is 94.2 Å². The zero-order chi connectivity index (χ0) is 46.9. The van der Waals surface area contributed by atoms with Crippen molar-refractivity contribution >= 4 is 64.2 Å². The summed E-state index contributed by atoms with van der Waals surface area (Å²) in [5.41, 5.74) is 4.65. The van der Waals surface area contributed by atoms with Crippen LogP contribution in [0.15, 0.2) is 53.9 Å². The van der Waals surface area contributed by atoms with Gasteiger partial charge in [0.25, 0.3) is 6.43 Å². The third kappa shape index (κ3) is 11.8. The number of amides is 5. The largest absolute Gasteiger partial charge is 0.393 e. The summed E-state index contributed by atoms with van der Waals surface area (Å²) < 4.78 is 29.1. The van der Waals surface area contributed by atoms with Gasteiger partial charge < -0.3 is 41.4 Å². The van der Waals surface area contributed by atoms with E-state index in [1.165, 1.54) is 19.2 Å². The van der Waals surface area contributed by atoms with Crippen molar-refractivity contribution < 1.29 is 32.8 Å². The van der Waals surface area contributed by atoms with E-state index in [2.05, 4.69) is 31.5 Å². The molecule has 1 unspecified atom stereocenters. The molecule has 2 aromatic carbocycles. The predicted octanol–water partition coefficient (Wildman–Crippen LogP) is 5.00. The number of carbonyl (C=O) groups excluding carboxylic acids is 5. The van der Waals surface area contributed by atoms with Crippen LogP contribution in [0.4, 0.5) is 25.8 Å². The Morgan fingerprint density at radius 2 is 1.67 bits per heavy atom. The van der Waals surface area contributed by atoms with E-state index in [9.17, 15) is 38.2 Å². The van der Waals surface area contributed by atoms with Gasteiger partial charge in [-0.1, -0.05) is 6.07 Å². The van der Waals surface area contributed by atoms with Crippen LogP contribution in [0.5, 0.6) is 0 Å². The highest BCUT2D eigenvalue weighted by Crippen LogP contribution is 2.38. The molecule has 5 amide bonds. The summed E-state index contributed by atoms with van der Waals surface area (Å²) in [7, 11) is 1.66. The van der Waals surface area contributed by atoms with E-state index < -0.39 is 12.5 Å². The predicted molar refractivity (Wildman–Crippen MR) is 251 cm³/mol.